The summed E-state index contributed by atoms with van der Waals surface area (Å²) >= 11 is 0. The van der Waals surface area contributed by atoms with Crippen LogP contribution in [0.4, 0.5) is 11.4 Å². The number of carbonyl (C=O) groups excluding carboxylic acids is 2. The monoisotopic (exact) mass is 316 g/mol. The molecule has 2 aromatic rings. The van der Waals surface area contributed by atoms with E-state index in [9.17, 15) is 9.59 Å². The highest BCUT2D eigenvalue weighted by molar-refractivity contribution is 6.31. The maximum Gasteiger partial charge on any atom is 0.196 e. The van der Waals surface area contributed by atoms with Crippen molar-refractivity contribution < 1.29 is 9.59 Å². The number of hydrogen-bond acceptors (Lipinski definition) is 4. The van der Waals surface area contributed by atoms with Gasteiger partial charge in [0.25, 0.3) is 0 Å². The van der Waals surface area contributed by atoms with Gasteiger partial charge in [0.15, 0.2) is 11.6 Å². The van der Waals surface area contributed by atoms with Gasteiger partial charge in [-0.25, -0.2) is 0 Å². The Labute approximate surface area is 140 Å². The molecule has 0 aliphatic heterocycles. The molecule has 0 spiro atoms. The number of nitrogen functional groups attached to an aromatic ring is 1. The predicted molar refractivity (Wildman–Crippen MR) is 96.3 cm³/mol. The van der Waals surface area contributed by atoms with Crippen molar-refractivity contribution in [1.82, 2.24) is 0 Å². The second-order valence-corrected chi connectivity index (χ2v) is 5.34. The van der Waals surface area contributed by atoms with Crippen LogP contribution in [-0.2, 0) is 0 Å². The van der Waals surface area contributed by atoms with Crippen LogP contribution in [0, 0.1) is 0 Å². The Morgan fingerprint density at radius 3 is 2.17 bits per heavy atom. The van der Waals surface area contributed by atoms with E-state index < -0.39 is 0 Å². The van der Waals surface area contributed by atoms with E-state index in [1.165, 1.54) is 0 Å². The molecule has 24 heavy (non-hydrogen) atoms. The first kappa shape index (κ1) is 15.5. The van der Waals surface area contributed by atoms with Crippen LogP contribution in [0.1, 0.15) is 31.8 Å². The van der Waals surface area contributed by atoms with Gasteiger partial charge >= 0.3 is 0 Å². The van der Waals surface area contributed by atoms with Gasteiger partial charge in [-0.2, -0.15) is 0 Å². The number of anilines is 2. The molecule has 0 heterocycles. The molecule has 118 valence electrons. The molecule has 3 N–H and O–H groups in total. The van der Waals surface area contributed by atoms with Crippen LogP contribution in [0.2, 0.25) is 0 Å². The number of nitrogens with two attached hydrogens (primary N) is 1. The van der Waals surface area contributed by atoms with E-state index in [0.717, 1.165) is 0 Å². The van der Waals surface area contributed by atoms with Crippen LogP contribution >= 0.6 is 0 Å². The molecule has 0 aromatic heterocycles. The topological polar surface area (TPSA) is 72.2 Å². The summed E-state index contributed by atoms with van der Waals surface area (Å²) in [7, 11) is 0. The fourth-order valence-electron chi connectivity index (χ4n) is 2.80. The molecule has 1 aliphatic rings. The molecule has 4 heteroatoms. The lowest BCUT2D eigenvalue weighted by Crippen LogP contribution is -2.23. The summed E-state index contributed by atoms with van der Waals surface area (Å²) in [5.74, 6) is -0.466. The fourth-order valence-corrected chi connectivity index (χ4v) is 2.80. The largest absolute Gasteiger partial charge is 0.398 e. The summed E-state index contributed by atoms with van der Waals surface area (Å²) in [6, 6.07) is 10.1. The molecule has 0 amide bonds. The number of fused-ring (bicyclic) bond motifs is 2. The lowest BCUT2D eigenvalue weighted by molar-refractivity contribution is 0.0980. The van der Waals surface area contributed by atoms with Gasteiger partial charge in [-0.3, -0.25) is 9.59 Å². The third-order valence-corrected chi connectivity index (χ3v) is 3.90. The molecule has 2 aromatic carbocycles. The van der Waals surface area contributed by atoms with Crippen molar-refractivity contribution in [2.45, 2.75) is 0 Å². The molecular weight excluding hydrogens is 300 g/mol. The van der Waals surface area contributed by atoms with Crippen LogP contribution in [0.5, 0.6) is 0 Å². The average molecular weight is 316 g/mol. The highest BCUT2D eigenvalue weighted by Crippen LogP contribution is 2.35. The molecule has 1 aliphatic carbocycles. The Balaban J connectivity index is 2.22. The maximum absolute atomic E-state index is 12.9. The van der Waals surface area contributed by atoms with Gasteiger partial charge in [0.1, 0.15) is 0 Å². The minimum Gasteiger partial charge on any atom is -0.398 e. The van der Waals surface area contributed by atoms with Crippen molar-refractivity contribution in [2.75, 3.05) is 11.1 Å². The highest BCUT2D eigenvalue weighted by Gasteiger charge is 2.33. The number of hydrogen-bond donors (Lipinski definition) is 2. The van der Waals surface area contributed by atoms with Crippen molar-refractivity contribution >= 4 is 22.9 Å². The fraction of sp³-hybridized carbons (Fsp3) is 0. The van der Waals surface area contributed by atoms with E-state index >= 15 is 0 Å². The van der Waals surface area contributed by atoms with Crippen LogP contribution in [0.25, 0.3) is 0 Å². The quantitative estimate of drug-likeness (QED) is 0.568. The Morgan fingerprint density at radius 2 is 1.58 bits per heavy atom. The van der Waals surface area contributed by atoms with Crippen LogP contribution < -0.4 is 11.1 Å². The van der Waals surface area contributed by atoms with Gasteiger partial charge in [0.2, 0.25) is 0 Å². The molecule has 0 atom stereocenters. The van der Waals surface area contributed by atoms with Crippen molar-refractivity contribution in [1.29, 1.82) is 0 Å². The third kappa shape index (κ3) is 2.34. The number of allylic oxidation sites excluding steroid dienone is 3. The SMILES string of the molecule is C=C/C=C(\C=C)Nc1ccc(N)c2c1C(=O)c1ccccc1C2=O. The molecule has 0 fully saturated rings. The second kappa shape index (κ2) is 6.01. The Kier molecular flexibility index (Phi) is 3.88. The summed E-state index contributed by atoms with van der Waals surface area (Å²) in [6.07, 6.45) is 4.93. The number of rotatable bonds is 4. The van der Waals surface area contributed by atoms with Crippen molar-refractivity contribution in [2.24, 2.45) is 0 Å². The van der Waals surface area contributed by atoms with E-state index in [-0.39, 0.29) is 28.4 Å². The number of ketones is 2. The normalized spacial score (nSPS) is 13.1. The van der Waals surface area contributed by atoms with E-state index in [1.54, 1.807) is 54.6 Å². The maximum atomic E-state index is 12.9. The van der Waals surface area contributed by atoms with Crippen LogP contribution in [-0.4, -0.2) is 11.6 Å². The Hall–Kier alpha value is -3.40. The minimum atomic E-state index is -0.241. The standard InChI is InChI=1S/C20H16N2O2/c1-3-7-12(4-2)22-16-11-10-15(21)17-18(16)20(24)14-9-6-5-8-13(14)19(17)23/h3-11,22H,1-2,21H2/b12-7+. The Morgan fingerprint density at radius 1 is 0.958 bits per heavy atom. The number of nitrogens with one attached hydrogen (secondary N) is 1. The zero-order chi connectivity index (χ0) is 17.3. The van der Waals surface area contributed by atoms with Crippen molar-refractivity contribution in [3.8, 4) is 0 Å². The third-order valence-electron chi connectivity index (χ3n) is 3.90. The summed E-state index contributed by atoms with van der Waals surface area (Å²) in [5, 5.41) is 3.11. The smallest absolute Gasteiger partial charge is 0.196 e. The molecule has 4 nitrogen and oxygen atoms in total. The van der Waals surface area contributed by atoms with Gasteiger partial charge in [-0.15, -0.1) is 0 Å². The molecule has 0 saturated heterocycles. The van der Waals surface area contributed by atoms with Crippen molar-refractivity contribution in [3.05, 3.63) is 95.7 Å². The average Bonchev–Trinajstić information content (AvgIpc) is 2.60. The summed E-state index contributed by atoms with van der Waals surface area (Å²) in [4.78, 5) is 25.7. The van der Waals surface area contributed by atoms with E-state index in [0.29, 0.717) is 22.5 Å². The molecule has 0 bridgehead atoms. The van der Waals surface area contributed by atoms with E-state index in [2.05, 4.69) is 18.5 Å². The molecular formula is C20H16N2O2. The molecule has 0 radical (unpaired) electrons. The number of carbonyl (C=O) groups is 2. The molecule has 0 saturated carbocycles. The van der Waals surface area contributed by atoms with Crippen LogP contribution in [0.15, 0.2) is 73.5 Å². The van der Waals surface area contributed by atoms with Crippen molar-refractivity contribution in [3.63, 3.8) is 0 Å². The first-order valence-electron chi connectivity index (χ1n) is 7.41. The van der Waals surface area contributed by atoms with Gasteiger partial charge in [0, 0.05) is 22.5 Å². The molecule has 3 rings (SSSR count). The minimum absolute atomic E-state index is 0.225. The van der Waals surface area contributed by atoms with Gasteiger partial charge in [-0.05, 0) is 24.3 Å². The first-order valence-corrected chi connectivity index (χ1v) is 7.41. The van der Waals surface area contributed by atoms with Crippen LogP contribution in [0.3, 0.4) is 0 Å². The van der Waals surface area contributed by atoms with Gasteiger partial charge < -0.3 is 11.1 Å². The second-order valence-electron chi connectivity index (χ2n) is 5.34. The summed E-state index contributed by atoms with van der Waals surface area (Å²) < 4.78 is 0. The predicted octanol–water partition coefficient (Wildman–Crippen LogP) is 3.71. The highest BCUT2D eigenvalue weighted by atomic mass is 16.1. The zero-order valence-electron chi connectivity index (χ0n) is 13.0. The number of benzene rings is 2. The van der Waals surface area contributed by atoms with Gasteiger partial charge in [0.05, 0.1) is 16.8 Å². The zero-order valence-corrected chi connectivity index (χ0v) is 13.0. The van der Waals surface area contributed by atoms with E-state index in [1.807, 2.05) is 0 Å². The van der Waals surface area contributed by atoms with Gasteiger partial charge in [-0.1, -0.05) is 43.5 Å². The molecule has 0 unspecified atom stereocenters. The van der Waals surface area contributed by atoms with E-state index in [4.69, 9.17) is 5.73 Å². The summed E-state index contributed by atoms with van der Waals surface area (Å²) in [6.45, 7) is 7.36. The summed E-state index contributed by atoms with van der Waals surface area (Å²) in [5.41, 5.74) is 8.75. The first-order chi connectivity index (χ1) is 11.6. The lowest BCUT2D eigenvalue weighted by Gasteiger charge is -2.22. The lowest BCUT2D eigenvalue weighted by atomic mass is 9.82. The Bertz CT molecular complexity index is 923.